The first kappa shape index (κ1) is 16.0. The highest BCUT2D eigenvalue weighted by atomic mass is 15.1. The van der Waals surface area contributed by atoms with E-state index in [-0.39, 0.29) is 0 Å². The molecule has 5 nitrogen and oxygen atoms in total. The fourth-order valence-corrected chi connectivity index (χ4v) is 2.74. The monoisotopic (exact) mass is 341 g/mol. The third-order valence-electron chi connectivity index (χ3n) is 4.06. The zero-order valence-electron chi connectivity index (χ0n) is 14.3. The average Bonchev–Trinajstić information content (AvgIpc) is 2.72. The van der Waals surface area contributed by atoms with Crippen LogP contribution in [0.4, 0.5) is 11.8 Å². The Balaban J connectivity index is 1.58. The van der Waals surface area contributed by atoms with Crippen molar-refractivity contribution in [3.63, 3.8) is 0 Å². The fourth-order valence-electron chi connectivity index (χ4n) is 2.74. The van der Waals surface area contributed by atoms with Crippen molar-refractivity contribution in [2.45, 2.75) is 13.1 Å². The van der Waals surface area contributed by atoms with Crippen molar-refractivity contribution in [2.24, 2.45) is 0 Å². The molecule has 0 unspecified atom stereocenters. The highest BCUT2D eigenvalue weighted by Gasteiger charge is 2.07. The molecule has 2 heterocycles. The normalized spacial score (nSPS) is 10.6. The number of hydrogen-bond acceptors (Lipinski definition) is 5. The lowest BCUT2D eigenvalue weighted by Crippen LogP contribution is -2.08. The van der Waals surface area contributed by atoms with Gasteiger partial charge in [-0.05, 0) is 29.8 Å². The van der Waals surface area contributed by atoms with Crippen molar-refractivity contribution in [2.75, 3.05) is 10.6 Å². The second kappa shape index (κ2) is 7.61. The molecule has 4 rings (SSSR count). The van der Waals surface area contributed by atoms with Gasteiger partial charge in [0.1, 0.15) is 5.82 Å². The number of pyridine rings is 1. The molecular weight excluding hydrogens is 322 g/mol. The van der Waals surface area contributed by atoms with Gasteiger partial charge in [-0.3, -0.25) is 4.98 Å². The molecule has 2 aromatic heterocycles. The highest BCUT2D eigenvalue weighted by Crippen LogP contribution is 2.22. The molecule has 0 radical (unpaired) electrons. The van der Waals surface area contributed by atoms with Gasteiger partial charge in [0.05, 0.1) is 17.8 Å². The van der Waals surface area contributed by atoms with Gasteiger partial charge in [0.25, 0.3) is 0 Å². The van der Waals surface area contributed by atoms with Crippen LogP contribution < -0.4 is 10.6 Å². The molecular formula is C21H19N5. The Hall–Kier alpha value is -3.47. The van der Waals surface area contributed by atoms with Gasteiger partial charge in [-0.1, -0.05) is 48.5 Å². The summed E-state index contributed by atoms with van der Waals surface area (Å²) in [6.45, 7) is 1.29. The summed E-state index contributed by atoms with van der Waals surface area (Å²) in [5.41, 5.74) is 3.06. The smallest absolute Gasteiger partial charge is 0.225 e. The first-order valence-corrected chi connectivity index (χ1v) is 8.57. The number of anilines is 2. The Labute approximate surface area is 152 Å². The molecule has 0 atom stereocenters. The molecule has 2 aromatic carbocycles. The van der Waals surface area contributed by atoms with Gasteiger partial charge < -0.3 is 10.6 Å². The zero-order chi connectivity index (χ0) is 17.6. The zero-order valence-corrected chi connectivity index (χ0v) is 14.3. The molecule has 4 aromatic rings. The molecule has 26 heavy (non-hydrogen) atoms. The molecule has 0 aliphatic heterocycles. The Morgan fingerprint density at radius 3 is 2.35 bits per heavy atom. The number of aromatic nitrogens is 3. The lowest BCUT2D eigenvalue weighted by atomic mass is 10.2. The Morgan fingerprint density at radius 1 is 0.692 bits per heavy atom. The highest BCUT2D eigenvalue weighted by molar-refractivity contribution is 5.90. The van der Waals surface area contributed by atoms with E-state index in [4.69, 9.17) is 0 Å². The number of fused-ring (bicyclic) bond motifs is 1. The Kier molecular flexibility index (Phi) is 4.69. The number of hydrogen-bond donors (Lipinski definition) is 2. The van der Waals surface area contributed by atoms with Crippen molar-refractivity contribution < 1.29 is 0 Å². The number of nitrogens with one attached hydrogen (secondary N) is 2. The van der Waals surface area contributed by atoms with Crippen molar-refractivity contribution in [3.8, 4) is 0 Å². The van der Waals surface area contributed by atoms with Gasteiger partial charge >= 0.3 is 0 Å². The second-order valence-electron chi connectivity index (χ2n) is 5.93. The van der Waals surface area contributed by atoms with Crippen molar-refractivity contribution in [3.05, 3.63) is 90.3 Å². The van der Waals surface area contributed by atoms with Crippen LogP contribution in [0, 0.1) is 0 Å². The van der Waals surface area contributed by atoms with E-state index >= 15 is 0 Å². The van der Waals surface area contributed by atoms with Crippen molar-refractivity contribution in [1.82, 2.24) is 15.0 Å². The van der Waals surface area contributed by atoms with E-state index in [2.05, 4.69) is 37.7 Å². The van der Waals surface area contributed by atoms with E-state index in [0.717, 1.165) is 22.4 Å². The quantitative estimate of drug-likeness (QED) is 0.549. The largest absolute Gasteiger partial charge is 0.365 e. The predicted octanol–water partition coefficient (Wildman–Crippen LogP) is 4.25. The molecule has 0 amide bonds. The summed E-state index contributed by atoms with van der Waals surface area (Å²) in [5, 5.41) is 7.71. The van der Waals surface area contributed by atoms with E-state index in [9.17, 15) is 0 Å². The minimum absolute atomic E-state index is 0.581. The maximum atomic E-state index is 4.67. The molecule has 0 saturated heterocycles. The van der Waals surface area contributed by atoms with E-state index in [1.165, 1.54) is 5.56 Å². The lowest BCUT2D eigenvalue weighted by molar-refractivity contribution is 1.01. The van der Waals surface area contributed by atoms with Crippen LogP contribution in [0.5, 0.6) is 0 Å². The SMILES string of the molecule is c1ccc(CNc2nc(NCc3ccccn3)nc3ccccc23)cc1. The van der Waals surface area contributed by atoms with Gasteiger partial charge in [-0.2, -0.15) is 4.98 Å². The summed E-state index contributed by atoms with van der Waals surface area (Å²) in [5.74, 6) is 1.41. The Bertz CT molecular complexity index is 987. The standard InChI is InChI=1S/C21H19N5/c1-2-8-16(9-3-1)14-23-20-18-11-4-5-12-19(18)25-21(26-20)24-15-17-10-6-7-13-22-17/h1-13H,14-15H2,(H2,23,24,25,26). The third kappa shape index (κ3) is 3.78. The predicted molar refractivity (Wildman–Crippen MR) is 105 cm³/mol. The van der Waals surface area contributed by atoms with E-state index < -0.39 is 0 Å². The fraction of sp³-hybridized carbons (Fsp3) is 0.0952. The van der Waals surface area contributed by atoms with Crippen LogP contribution in [0.25, 0.3) is 10.9 Å². The van der Waals surface area contributed by atoms with Crippen LogP contribution in [0.3, 0.4) is 0 Å². The van der Waals surface area contributed by atoms with Crippen LogP contribution in [-0.4, -0.2) is 15.0 Å². The number of para-hydroxylation sites is 1. The maximum absolute atomic E-state index is 4.67. The molecule has 0 aliphatic carbocycles. The van der Waals surface area contributed by atoms with Gasteiger partial charge in [-0.15, -0.1) is 0 Å². The molecule has 5 heteroatoms. The molecule has 0 aliphatic rings. The van der Waals surface area contributed by atoms with Crippen molar-refractivity contribution >= 4 is 22.7 Å². The molecule has 0 fully saturated rings. The molecule has 0 saturated carbocycles. The summed E-state index contributed by atoms with van der Waals surface area (Å²) in [7, 11) is 0. The van der Waals surface area contributed by atoms with E-state index in [1.807, 2.05) is 60.7 Å². The van der Waals surface area contributed by atoms with Crippen LogP contribution in [0.1, 0.15) is 11.3 Å². The van der Waals surface area contributed by atoms with Crippen molar-refractivity contribution in [1.29, 1.82) is 0 Å². The first-order valence-electron chi connectivity index (χ1n) is 8.57. The summed E-state index contributed by atoms with van der Waals surface area (Å²) < 4.78 is 0. The summed E-state index contributed by atoms with van der Waals surface area (Å²) in [6.07, 6.45) is 1.78. The van der Waals surface area contributed by atoms with Gasteiger partial charge in [0, 0.05) is 18.1 Å². The summed E-state index contributed by atoms with van der Waals surface area (Å²) >= 11 is 0. The van der Waals surface area contributed by atoms with E-state index in [0.29, 0.717) is 19.0 Å². The van der Waals surface area contributed by atoms with Gasteiger partial charge in [0.15, 0.2) is 0 Å². The first-order chi connectivity index (χ1) is 12.9. The third-order valence-corrected chi connectivity index (χ3v) is 4.06. The number of nitrogens with zero attached hydrogens (tertiary/aromatic N) is 3. The molecule has 128 valence electrons. The van der Waals surface area contributed by atoms with Crippen LogP contribution in [-0.2, 0) is 13.1 Å². The number of rotatable bonds is 6. The minimum Gasteiger partial charge on any atom is -0.365 e. The van der Waals surface area contributed by atoms with Crippen LogP contribution in [0.2, 0.25) is 0 Å². The maximum Gasteiger partial charge on any atom is 0.225 e. The lowest BCUT2D eigenvalue weighted by Gasteiger charge is -2.12. The van der Waals surface area contributed by atoms with E-state index in [1.54, 1.807) is 6.20 Å². The molecule has 0 spiro atoms. The van der Waals surface area contributed by atoms with Crippen LogP contribution in [0.15, 0.2) is 79.0 Å². The Morgan fingerprint density at radius 2 is 1.50 bits per heavy atom. The average molecular weight is 341 g/mol. The molecule has 0 bridgehead atoms. The van der Waals surface area contributed by atoms with Crippen LogP contribution >= 0.6 is 0 Å². The summed E-state index contributed by atoms with van der Waals surface area (Å²) in [6, 6.07) is 24.1. The topological polar surface area (TPSA) is 62.7 Å². The number of benzene rings is 2. The van der Waals surface area contributed by atoms with Gasteiger partial charge in [0.2, 0.25) is 5.95 Å². The minimum atomic E-state index is 0.581. The second-order valence-corrected chi connectivity index (χ2v) is 5.93. The molecule has 2 N–H and O–H groups in total. The van der Waals surface area contributed by atoms with Gasteiger partial charge in [-0.25, -0.2) is 4.98 Å². The summed E-state index contributed by atoms with van der Waals surface area (Å²) in [4.78, 5) is 13.6.